The van der Waals surface area contributed by atoms with Crippen LogP contribution in [0.2, 0.25) is 0 Å². The molecule has 2 aromatic rings. The Kier molecular flexibility index (Phi) is 10.3. The van der Waals surface area contributed by atoms with Gasteiger partial charge in [0.05, 0.1) is 12.2 Å². The van der Waals surface area contributed by atoms with E-state index in [1.165, 1.54) is 36.4 Å². The van der Waals surface area contributed by atoms with Gasteiger partial charge in [0.25, 0.3) is 0 Å². The van der Waals surface area contributed by atoms with Crippen molar-refractivity contribution in [2.24, 2.45) is 0 Å². The minimum atomic E-state index is -0.453. The lowest BCUT2D eigenvalue weighted by molar-refractivity contribution is 0.0878. The van der Waals surface area contributed by atoms with E-state index in [9.17, 15) is 9.18 Å². The molecule has 29 heavy (non-hydrogen) atoms. The molecule has 0 aliphatic heterocycles. The molecule has 7 heteroatoms. The van der Waals surface area contributed by atoms with Gasteiger partial charge in [0.15, 0.2) is 5.82 Å². The quantitative estimate of drug-likeness (QED) is 0.400. The minimum Gasteiger partial charge on any atom is -0.460 e. The Morgan fingerprint density at radius 3 is 2.48 bits per heavy atom. The fourth-order valence-corrected chi connectivity index (χ4v) is 3.02. The molecule has 0 unspecified atom stereocenters. The van der Waals surface area contributed by atoms with Gasteiger partial charge in [-0.25, -0.2) is 4.39 Å². The monoisotopic (exact) mass is 405 g/mol. The third kappa shape index (κ3) is 7.57. The predicted molar refractivity (Wildman–Crippen MR) is 111 cm³/mol. The molecule has 160 valence electrons. The zero-order valence-electron chi connectivity index (χ0n) is 17.5. The van der Waals surface area contributed by atoms with Gasteiger partial charge in [-0.1, -0.05) is 57.6 Å². The molecule has 1 aromatic carbocycles. The van der Waals surface area contributed by atoms with Crippen LogP contribution in [0.15, 0.2) is 24.3 Å². The molecule has 2 rings (SSSR count). The molecule has 0 bridgehead atoms. The molecular formula is C22H32FN3O3. The van der Waals surface area contributed by atoms with Crippen LogP contribution in [0.1, 0.15) is 70.0 Å². The maximum Gasteiger partial charge on any atom is 0.336 e. The topological polar surface area (TPSA) is 66.2 Å². The van der Waals surface area contributed by atoms with Crippen molar-refractivity contribution in [2.45, 2.75) is 65.2 Å². The molecule has 0 radical (unpaired) electrons. The van der Waals surface area contributed by atoms with Crippen molar-refractivity contribution >= 4 is 5.91 Å². The van der Waals surface area contributed by atoms with Crippen LogP contribution in [0.4, 0.5) is 4.39 Å². The number of hydrogen-bond donors (Lipinski definition) is 0. The molecule has 1 heterocycles. The van der Waals surface area contributed by atoms with Gasteiger partial charge < -0.3 is 9.47 Å². The van der Waals surface area contributed by atoms with Gasteiger partial charge in [0.1, 0.15) is 12.4 Å². The van der Waals surface area contributed by atoms with Crippen molar-refractivity contribution in [2.75, 3.05) is 19.8 Å². The van der Waals surface area contributed by atoms with Crippen LogP contribution in [0, 0.1) is 5.82 Å². The van der Waals surface area contributed by atoms with Crippen LogP contribution in [0.3, 0.4) is 0 Å². The largest absolute Gasteiger partial charge is 0.460 e. The molecule has 0 amide bonds. The van der Waals surface area contributed by atoms with Crippen LogP contribution in [-0.4, -0.2) is 40.5 Å². The van der Waals surface area contributed by atoms with Crippen molar-refractivity contribution in [1.82, 2.24) is 14.8 Å². The number of hydrogen-bond acceptors (Lipinski definition) is 5. The average molecular weight is 406 g/mol. The third-order valence-electron chi connectivity index (χ3n) is 4.60. The van der Waals surface area contributed by atoms with Crippen LogP contribution in [-0.2, 0) is 4.74 Å². The van der Waals surface area contributed by atoms with Crippen molar-refractivity contribution in [3.8, 4) is 17.4 Å². The summed E-state index contributed by atoms with van der Waals surface area (Å²) in [6.07, 6.45) is 8.16. The number of carbonyl (C=O) groups is 1. The highest BCUT2D eigenvalue weighted by Crippen LogP contribution is 2.23. The summed E-state index contributed by atoms with van der Waals surface area (Å²) in [4.78, 5) is 17.0. The first kappa shape index (κ1) is 23.0. The molecule has 0 fully saturated rings. The van der Waals surface area contributed by atoms with Gasteiger partial charge in [-0.05, 0) is 25.5 Å². The molecule has 0 atom stereocenters. The van der Waals surface area contributed by atoms with E-state index < -0.39 is 5.82 Å². The van der Waals surface area contributed by atoms with Gasteiger partial charge in [-0.3, -0.25) is 4.79 Å². The molecule has 0 saturated heterocycles. The van der Waals surface area contributed by atoms with E-state index in [1.54, 1.807) is 18.2 Å². The molecule has 1 aromatic heterocycles. The second kappa shape index (κ2) is 13.0. The third-order valence-corrected chi connectivity index (χ3v) is 4.60. The van der Waals surface area contributed by atoms with E-state index in [1.807, 2.05) is 6.92 Å². The van der Waals surface area contributed by atoms with Crippen molar-refractivity contribution in [1.29, 1.82) is 0 Å². The average Bonchev–Trinajstić information content (AvgIpc) is 3.15. The summed E-state index contributed by atoms with van der Waals surface area (Å²) >= 11 is 0. The molecule has 0 spiro atoms. The van der Waals surface area contributed by atoms with E-state index in [-0.39, 0.29) is 29.9 Å². The predicted octanol–water partition coefficient (Wildman–Crippen LogP) is 5.28. The van der Waals surface area contributed by atoms with Crippen molar-refractivity contribution in [3.63, 3.8) is 0 Å². The summed E-state index contributed by atoms with van der Waals surface area (Å²) in [6, 6.07) is 6.27. The standard InChI is InChI=1S/C22H32FN3O3/c1-3-5-6-7-8-9-10-15-20(27)26-21(18-13-11-12-14-19(18)23)24-22(25-26)29-17-16-28-4-2/h11-14H,3-10,15-17H2,1-2H3. The van der Waals surface area contributed by atoms with Crippen LogP contribution < -0.4 is 4.74 Å². The maximum absolute atomic E-state index is 14.3. The highest BCUT2D eigenvalue weighted by atomic mass is 19.1. The summed E-state index contributed by atoms with van der Waals surface area (Å²) in [5.74, 6) is -0.489. The Bertz CT molecular complexity index is 749. The van der Waals surface area contributed by atoms with Crippen LogP contribution in [0.25, 0.3) is 11.4 Å². The second-order valence-electron chi connectivity index (χ2n) is 6.92. The summed E-state index contributed by atoms with van der Waals surface area (Å²) in [5, 5.41) is 4.18. The highest BCUT2D eigenvalue weighted by molar-refractivity contribution is 5.82. The summed E-state index contributed by atoms with van der Waals surface area (Å²) in [7, 11) is 0. The second-order valence-corrected chi connectivity index (χ2v) is 6.92. The van der Waals surface area contributed by atoms with E-state index in [0.29, 0.717) is 19.6 Å². The molecule has 0 aliphatic rings. The van der Waals surface area contributed by atoms with E-state index in [0.717, 1.165) is 19.3 Å². The lowest BCUT2D eigenvalue weighted by atomic mass is 10.1. The molecule has 6 nitrogen and oxygen atoms in total. The highest BCUT2D eigenvalue weighted by Gasteiger charge is 2.20. The van der Waals surface area contributed by atoms with E-state index >= 15 is 0 Å². The zero-order valence-corrected chi connectivity index (χ0v) is 17.5. The Morgan fingerprint density at radius 1 is 1.03 bits per heavy atom. The maximum atomic E-state index is 14.3. The first-order valence-corrected chi connectivity index (χ1v) is 10.6. The van der Waals surface area contributed by atoms with Crippen molar-refractivity contribution < 1.29 is 18.7 Å². The Hall–Kier alpha value is -2.28. The fourth-order valence-electron chi connectivity index (χ4n) is 3.02. The molecule has 0 aliphatic carbocycles. The number of ether oxygens (including phenoxy) is 2. The number of aromatic nitrogens is 3. The number of nitrogens with zero attached hydrogens (tertiary/aromatic N) is 3. The Morgan fingerprint density at radius 2 is 1.76 bits per heavy atom. The number of halogens is 1. The first-order valence-electron chi connectivity index (χ1n) is 10.6. The normalized spacial score (nSPS) is 11.0. The van der Waals surface area contributed by atoms with Crippen molar-refractivity contribution in [3.05, 3.63) is 30.1 Å². The lowest BCUT2D eigenvalue weighted by Gasteiger charge is -2.05. The molecule has 0 saturated carbocycles. The van der Waals surface area contributed by atoms with Gasteiger partial charge in [-0.2, -0.15) is 9.67 Å². The summed E-state index contributed by atoms with van der Waals surface area (Å²) < 4.78 is 26.2. The van der Waals surface area contributed by atoms with E-state index in [4.69, 9.17) is 9.47 Å². The number of carbonyl (C=O) groups excluding carboxylic acids is 1. The Balaban J connectivity index is 2.02. The van der Waals surface area contributed by atoms with Gasteiger partial charge in [0.2, 0.25) is 5.91 Å². The first-order chi connectivity index (χ1) is 14.2. The van der Waals surface area contributed by atoms with Gasteiger partial charge in [-0.15, -0.1) is 5.10 Å². The van der Waals surface area contributed by atoms with Crippen LogP contribution >= 0.6 is 0 Å². The Labute approximate surface area is 172 Å². The smallest absolute Gasteiger partial charge is 0.336 e. The minimum absolute atomic E-state index is 0.0517. The molecular weight excluding hydrogens is 373 g/mol. The number of benzene rings is 1. The SMILES string of the molecule is CCCCCCCCCC(=O)n1nc(OCCOCC)nc1-c1ccccc1F. The van der Waals surface area contributed by atoms with Crippen LogP contribution in [0.5, 0.6) is 6.01 Å². The van der Waals surface area contributed by atoms with Gasteiger partial charge in [0, 0.05) is 13.0 Å². The number of unbranched alkanes of at least 4 members (excludes halogenated alkanes) is 6. The van der Waals surface area contributed by atoms with E-state index in [2.05, 4.69) is 17.0 Å². The summed E-state index contributed by atoms with van der Waals surface area (Å²) in [6.45, 7) is 5.33. The number of rotatable bonds is 14. The zero-order chi connectivity index (χ0) is 20.9. The molecule has 0 N–H and O–H groups in total. The summed E-state index contributed by atoms with van der Waals surface area (Å²) in [5.41, 5.74) is 0.229. The lowest BCUT2D eigenvalue weighted by Crippen LogP contribution is -2.14. The van der Waals surface area contributed by atoms with Gasteiger partial charge >= 0.3 is 6.01 Å². The fraction of sp³-hybridized carbons (Fsp3) is 0.591.